The molecule has 0 fully saturated rings. The van der Waals surface area contributed by atoms with Crippen molar-refractivity contribution in [3.63, 3.8) is 0 Å². The Morgan fingerprint density at radius 1 is 1.46 bits per heavy atom. The van der Waals surface area contributed by atoms with E-state index in [0.717, 1.165) is 35.9 Å². The van der Waals surface area contributed by atoms with E-state index in [-0.39, 0.29) is 5.91 Å². The monoisotopic (exact) mass is 323 g/mol. The predicted molar refractivity (Wildman–Crippen MR) is 99.1 cm³/mol. The third-order valence-corrected chi connectivity index (χ3v) is 4.95. The number of pyridine rings is 1. The van der Waals surface area contributed by atoms with E-state index in [1.165, 1.54) is 5.56 Å². The molecule has 126 valence electrons. The van der Waals surface area contributed by atoms with Gasteiger partial charge < -0.3 is 10.6 Å². The fourth-order valence-electron chi connectivity index (χ4n) is 3.36. The normalized spacial score (nSPS) is 15.4. The molecule has 1 aromatic heterocycles. The van der Waals surface area contributed by atoms with Crippen molar-refractivity contribution in [2.45, 2.75) is 33.1 Å². The number of carbonyl (C=O) groups is 1. The summed E-state index contributed by atoms with van der Waals surface area (Å²) in [4.78, 5) is 19.4. The number of nitrogen functional groups attached to an aromatic ring is 1. The van der Waals surface area contributed by atoms with E-state index in [1.807, 2.05) is 12.1 Å². The highest BCUT2D eigenvalue weighted by molar-refractivity contribution is 6.08. The molecule has 1 aliphatic heterocycles. The summed E-state index contributed by atoms with van der Waals surface area (Å²) >= 11 is 0. The number of benzene rings is 1. The topological polar surface area (TPSA) is 59.2 Å². The predicted octanol–water partition coefficient (Wildman–Crippen LogP) is 3.59. The fourth-order valence-corrected chi connectivity index (χ4v) is 3.36. The summed E-state index contributed by atoms with van der Waals surface area (Å²) in [6.07, 6.45) is 4.60. The van der Waals surface area contributed by atoms with Gasteiger partial charge in [0.05, 0.1) is 22.5 Å². The Kier molecular flexibility index (Phi) is 4.56. The van der Waals surface area contributed by atoms with E-state index in [9.17, 15) is 4.79 Å². The van der Waals surface area contributed by atoms with E-state index in [2.05, 4.69) is 26.5 Å². The molecule has 0 saturated heterocycles. The summed E-state index contributed by atoms with van der Waals surface area (Å²) in [5.41, 5.74) is 10.6. The van der Waals surface area contributed by atoms with Crippen LogP contribution in [0.5, 0.6) is 0 Å². The molecule has 3 rings (SSSR count). The average molecular weight is 323 g/mol. The maximum atomic E-state index is 12.7. The van der Waals surface area contributed by atoms with E-state index >= 15 is 0 Å². The largest absolute Gasteiger partial charge is 0.397 e. The van der Waals surface area contributed by atoms with Crippen LogP contribution < -0.4 is 5.73 Å². The molecule has 4 nitrogen and oxygen atoms in total. The molecule has 0 spiro atoms. The van der Waals surface area contributed by atoms with Crippen molar-refractivity contribution in [1.82, 2.24) is 9.88 Å². The van der Waals surface area contributed by atoms with Gasteiger partial charge in [0.2, 0.25) is 0 Å². The molecule has 2 heterocycles. The van der Waals surface area contributed by atoms with Gasteiger partial charge >= 0.3 is 0 Å². The Bertz CT molecular complexity index is 797. The quantitative estimate of drug-likeness (QED) is 0.855. The van der Waals surface area contributed by atoms with Crippen molar-refractivity contribution in [2.24, 2.45) is 5.92 Å². The number of para-hydroxylation sites is 1. The number of amides is 1. The first-order valence-corrected chi connectivity index (χ1v) is 8.66. The maximum absolute atomic E-state index is 12.7. The van der Waals surface area contributed by atoms with Crippen molar-refractivity contribution in [3.8, 4) is 0 Å². The second kappa shape index (κ2) is 6.63. The zero-order valence-corrected chi connectivity index (χ0v) is 14.5. The number of aromatic nitrogens is 1. The smallest absolute Gasteiger partial charge is 0.258 e. The minimum absolute atomic E-state index is 0.0321. The standard InChI is InChI=1S/C20H25N3O/c1-4-10-23-11-9-16-17(20(23)24)18(21)15-8-6-7-14(19(15)22-16)12-13(3)5-2/h4,6-8,13H,1,5,9-12H2,2-3H3,(H2,21,22). The van der Waals surface area contributed by atoms with Crippen molar-refractivity contribution >= 4 is 22.5 Å². The summed E-state index contributed by atoms with van der Waals surface area (Å²) < 4.78 is 0. The lowest BCUT2D eigenvalue weighted by Gasteiger charge is -2.28. The molecular formula is C20H25N3O. The Labute approximate surface area is 143 Å². The van der Waals surface area contributed by atoms with E-state index in [0.29, 0.717) is 30.3 Å². The van der Waals surface area contributed by atoms with Crippen LogP contribution in [0, 0.1) is 5.92 Å². The summed E-state index contributed by atoms with van der Waals surface area (Å²) in [5, 5.41) is 0.892. The molecule has 2 N–H and O–H groups in total. The first-order chi connectivity index (χ1) is 11.6. The van der Waals surface area contributed by atoms with Gasteiger partial charge in [-0.15, -0.1) is 6.58 Å². The van der Waals surface area contributed by atoms with Gasteiger partial charge in [-0.05, 0) is 17.9 Å². The first kappa shape index (κ1) is 16.5. The van der Waals surface area contributed by atoms with Crippen LogP contribution in [0.4, 0.5) is 5.69 Å². The van der Waals surface area contributed by atoms with Crippen LogP contribution in [0.25, 0.3) is 10.9 Å². The molecule has 4 heteroatoms. The summed E-state index contributed by atoms with van der Waals surface area (Å²) in [5.74, 6) is 0.565. The van der Waals surface area contributed by atoms with Gasteiger partial charge in [-0.1, -0.05) is 44.5 Å². The van der Waals surface area contributed by atoms with Crippen molar-refractivity contribution in [3.05, 3.63) is 47.7 Å². The molecule has 2 aromatic rings. The highest BCUT2D eigenvalue weighted by atomic mass is 16.2. The summed E-state index contributed by atoms with van der Waals surface area (Å²) in [6.45, 7) is 9.39. The minimum atomic E-state index is -0.0321. The van der Waals surface area contributed by atoms with Gasteiger partial charge in [0.15, 0.2) is 0 Å². The molecule has 1 unspecified atom stereocenters. The fraction of sp³-hybridized carbons (Fsp3) is 0.400. The highest BCUT2D eigenvalue weighted by Crippen LogP contribution is 2.32. The lowest BCUT2D eigenvalue weighted by atomic mass is 9.94. The molecule has 0 radical (unpaired) electrons. The van der Waals surface area contributed by atoms with Crippen LogP contribution in [0.3, 0.4) is 0 Å². The number of rotatable bonds is 5. The van der Waals surface area contributed by atoms with Crippen molar-refractivity contribution in [2.75, 3.05) is 18.8 Å². The molecular weight excluding hydrogens is 298 g/mol. The van der Waals surface area contributed by atoms with Gasteiger partial charge in [0.1, 0.15) is 0 Å². The molecule has 1 atom stereocenters. The molecule has 0 aliphatic carbocycles. The highest BCUT2D eigenvalue weighted by Gasteiger charge is 2.28. The Balaban J connectivity index is 2.13. The lowest BCUT2D eigenvalue weighted by molar-refractivity contribution is 0.0758. The SMILES string of the molecule is C=CCN1CCc2nc3c(CC(C)CC)cccc3c(N)c2C1=O. The Morgan fingerprint density at radius 2 is 2.25 bits per heavy atom. The molecule has 0 bridgehead atoms. The average Bonchev–Trinajstić information content (AvgIpc) is 2.58. The third-order valence-electron chi connectivity index (χ3n) is 4.95. The molecule has 24 heavy (non-hydrogen) atoms. The molecule has 0 saturated carbocycles. The summed E-state index contributed by atoms with van der Waals surface area (Å²) in [6, 6.07) is 6.11. The zero-order chi connectivity index (χ0) is 17.3. The van der Waals surface area contributed by atoms with Crippen LogP contribution in [0.1, 0.15) is 41.9 Å². The second-order valence-corrected chi connectivity index (χ2v) is 6.67. The molecule has 1 aromatic carbocycles. The van der Waals surface area contributed by atoms with E-state index < -0.39 is 0 Å². The van der Waals surface area contributed by atoms with Gasteiger partial charge in [-0.3, -0.25) is 9.78 Å². The van der Waals surface area contributed by atoms with Crippen molar-refractivity contribution in [1.29, 1.82) is 0 Å². The Morgan fingerprint density at radius 3 is 2.96 bits per heavy atom. The molecule has 1 aliphatic rings. The lowest BCUT2D eigenvalue weighted by Crippen LogP contribution is -2.38. The second-order valence-electron chi connectivity index (χ2n) is 6.67. The van der Waals surface area contributed by atoms with E-state index in [4.69, 9.17) is 10.7 Å². The van der Waals surface area contributed by atoms with Crippen molar-refractivity contribution < 1.29 is 4.79 Å². The number of nitrogens with two attached hydrogens (primary N) is 1. The Hall–Kier alpha value is -2.36. The van der Waals surface area contributed by atoms with Crippen LogP contribution in [0.2, 0.25) is 0 Å². The summed E-state index contributed by atoms with van der Waals surface area (Å²) in [7, 11) is 0. The van der Waals surface area contributed by atoms with Crippen LogP contribution >= 0.6 is 0 Å². The number of hydrogen-bond donors (Lipinski definition) is 1. The first-order valence-electron chi connectivity index (χ1n) is 8.66. The number of nitrogens with zero attached hydrogens (tertiary/aromatic N) is 2. The van der Waals surface area contributed by atoms with Crippen LogP contribution in [-0.2, 0) is 12.8 Å². The number of fused-ring (bicyclic) bond motifs is 2. The van der Waals surface area contributed by atoms with Crippen LogP contribution in [0.15, 0.2) is 30.9 Å². The minimum Gasteiger partial charge on any atom is -0.397 e. The van der Waals surface area contributed by atoms with Crippen LogP contribution in [-0.4, -0.2) is 28.9 Å². The van der Waals surface area contributed by atoms with E-state index in [1.54, 1.807) is 11.0 Å². The maximum Gasteiger partial charge on any atom is 0.258 e. The van der Waals surface area contributed by atoms with Gasteiger partial charge in [-0.2, -0.15) is 0 Å². The number of anilines is 1. The third kappa shape index (κ3) is 2.77. The number of carbonyl (C=O) groups excluding carboxylic acids is 1. The van der Waals surface area contributed by atoms with Gasteiger partial charge in [-0.25, -0.2) is 0 Å². The molecule has 1 amide bonds. The zero-order valence-electron chi connectivity index (χ0n) is 14.5. The van der Waals surface area contributed by atoms with Gasteiger partial charge in [0.25, 0.3) is 5.91 Å². The van der Waals surface area contributed by atoms with Gasteiger partial charge in [0, 0.05) is 24.9 Å². The number of hydrogen-bond acceptors (Lipinski definition) is 3.